The van der Waals surface area contributed by atoms with Crippen LogP contribution in [0.2, 0.25) is 0 Å². The molecular weight excluding hydrogens is 224 g/mol. The van der Waals surface area contributed by atoms with Crippen molar-refractivity contribution in [1.29, 1.82) is 0 Å². The van der Waals surface area contributed by atoms with Crippen molar-refractivity contribution in [2.75, 3.05) is 13.2 Å². The molecule has 1 aromatic rings. The molecule has 0 radical (unpaired) electrons. The van der Waals surface area contributed by atoms with Gasteiger partial charge in [-0.2, -0.15) is 0 Å². The summed E-state index contributed by atoms with van der Waals surface area (Å²) in [5.74, 6) is 0. The first-order valence-corrected chi connectivity index (χ1v) is 7.36. The summed E-state index contributed by atoms with van der Waals surface area (Å²) in [4.78, 5) is 0. The Morgan fingerprint density at radius 3 is 3.00 bits per heavy atom. The Morgan fingerprint density at radius 2 is 2.22 bits per heavy atom. The first-order valence-electron chi connectivity index (χ1n) is 7.36. The van der Waals surface area contributed by atoms with E-state index in [1.807, 2.05) is 0 Å². The van der Waals surface area contributed by atoms with Crippen molar-refractivity contribution in [3.63, 3.8) is 0 Å². The van der Waals surface area contributed by atoms with Crippen LogP contribution in [0.15, 0.2) is 18.3 Å². The van der Waals surface area contributed by atoms with Gasteiger partial charge in [-0.15, -0.1) is 0 Å². The van der Waals surface area contributed by atoms with E-state index in [-0.39, 0.29) is 0 Å². The van der Waals surface area contributed by atoms with E-state index in [1.165, 1.54) is 37.8 Å². The van der Waals surface area contributed by atoms with Crippen LogP contribution in [0, 0.1) is 0 Å². The van der Waals surface area contributed by atoms with E-state index in [0.29, 0.717) is 6.10 Å². The highest BCUT2D eigenvalue weighted by Crippen LogP contribution is 2.20. The smallest absolute Gasteiger partial charge is 0.0594 e. The van der Waals surface area contributed by atoms with Gasteiger partial charge in [0.1, 0.15) is 0 Å². The second-order valence-electron chi connectivity index (χ2n) is 5.15. The topological polar surface area (TPSA) is 26.2 Å². The summed E-state index contributed by atoms with van der Waals surface area (Å²) in [5.41, 5.74) is 1.37. The Bertz CT molecular complexity index is 329. The van der Waals surface area contributed by atoms with Crippen LogP contribution in [-0.4, -0.2) is 23.8 Å². The molecule has 1 heterocycles. The zero-order valence-corrected chi connectivity index (χ0v) is 11.5. The molecule has 102 valence electrons. The summed E-state index contributed by atoms with van der Waals surface area (Å²) in [5, 5.41) is 3.46. The normalized spacial score (nSPS) is 16.5. The van der Waals surface area contributed by atoms with E-state index < -0.39 is 0 Å². The number of hydrogen-bond donors (Lipinski definition) is 1. The quantitative estimate of drug-likeness (QED) is 0.718. The molecule has 0 spiro atoms. The lowest BCUT2D eigenvalue weighted by atomic mass is 10.3. The van der Waals surface area contributed by atoms with Gasteiger partial charge in [0.05, 0.1) is 12.7 Å². The molecule has 1 N–H and O–H groups in total. The van der Waals surface area contributed by atoms with Crippen molar-refractivity contribution in [3.8, 4) is 0 Å². The third-order valence-electron chi connectivity index (χ3n) is 3.63. The highest BCUT2D eigenvalue weighted by Gasteiger charge is 2.14. The average molecular weight is 250 g/mol. The van der Waals surface area contributed by atoms with E-state index in [1.54, 1.807) is 0 Å². The lowest BCUT2D eigenvalue weighted by molar-refractivity contribution is 0.0602. The minimum absolute atomic E-state index is 0.538. The van der Waals surface area contributed by atoms with Crippen LogP contribution >= 0.6 is 0 Å². The Balaban J connectivity index is 1.58. The predicted molar refractivity (Wildman–Crippen MR) is 74.6 cm³/mol. The van der Waals surface area contributed by atoms with Crippen molar-refractivity contribution in [2.45, 2.75) is 58.2 Å². The number of ether oxygens (including phenoxy) is 1. The molecule has 0 atom stereocenters. The van der Waals surface area contributed by atoms with Crippen molar-refractivity contribution in [3.05, 3.63) is 24.0 Å². The van der Waals surface area contributed by atoms with Crippen LogP contribution in [0.3, 0.4) is 0 Å². The van der Waals surface area contributed by atoms with Gasteiger partial charge in [0.25, 0.3) is 0 Å². The van der Waals surface area contributed by atoms with Gasteiger partial charge in [0, 0.05) is 31.5 Å². The molecule has 1 fully saturated rings. The monoisotopic (exact) mass is 250 g/mol. The Morgan fingerprint density at radius 1 is 1.39 bits per heavy atom. The molecule has 0 unspecified atom stereocenters. The second-order valence-corrected chi connectivity index (χ2v) is 5.15. The van der Waals surface area contributed by atoms with Gasteiger partial charge in [-0.05, 0) is 31.4 Å². The van der Waals surface area contributed by atoms with Crippen LogP contribution in [0.25, 0.3) is 0 Å². The van der Waals surface area contributed by atoms with Crippen molar-refractivity contribution >= 4 is 0 Å². The summed E-state index contributed by atoms with van der Waals surface area (Å²) in [6.07, 6.45) is 9.11. The molecule has 0 aliphatic heterocycles. The number of rotatable bonds is 8. The molecule has 3 nitrogen and oxygen atoms in total. The largest absolute Gasteiger partial charge is 0.377 e. The molecule has 2 rings (SSSR count). The molecule has 0 bridgehead atoms. The fourth-order valence-corrected chi connectivity index (χ4v) is 2.64. The molecule has 0 amide bonds. The molecular formula is C15H26N2O. The van der Waals surface area contributed by atoms with Gasteiger partial charge < -0.3 is 14.6 Å². The van der Waals surface area contributed by atoms with Crippen LogP contribution in [0.1, 0.15) is 44.7 Å². The van der Waals surface area contributed by atoms with Gasteiger partial charge in [0.15, 0.2) is 0 Å². The van der Waals surface area contributed by atoms with E-state index in [0.717, 1.165) is 26.2 Å². The molecule has 3 heteroatoms. The number of hydrogen-bond acceptors (Lipinski definition) is 2. The molecule has 0 aromatic carbocycles. The summed E-state index contributed by atoms with van der Waals surface area (Å²) < 4.78 is 8.16. The van der Waals surface area contributed by atoms with Gasteiger partial charge >= 0.3 is 0 Å². The Hall–Kier alpha value is -0.800. The highest BCUT2D eigenvalue weighted by atomic mass is 16.5. The zero-order valence-electron chi connectivity index (χ0n) is 11.5. The SMILES string of the molecule is CCCn1cccc1CNCCOC1CCCC1. The Kier molecular flexibility index (Phi) is 5.75. The van der Waals surface area contributed by atoms with Crippen LogP contribution in [-0.2, 0) is 17.8 Å². The number of aryl methyl sites for hydroxylation is 1. The zero-order chi connectivity index (χ0) is 12.6. The summed E-state index contributed by atoms with van der Waals surface area (Å²) >= 11 is 0. The standard InChI is InChI=1S/C15H26N2O/c1-2-10-17-11-5-6-14(17)13-16-9-12-18-15-7-3-4-8-15/h5-6,11,15-16H,2-4,7-10,12-13H2,1H3. The molecule has 1 saturated carbocycles. The van der Waals surface area contributed by atoms with Gasteiger partial charge in [0.2, 0.25) is 0 Å². The first kappa shape index (κ1) is 13.6. The number of aromatic nitrogens is 1. The fraction of sp³-hybridized carbons (Fsp3) is 0.733. The van der Waals surface area contributed by atoms with Gasteiger partial charge in [-0.3, -0.25) is 0 Å². The molecule has 1 aliphatic carbocycles. The fourth-order valence-electron chi connectivity index (χ4n) is 2.64. The lowest BCUT2D eigenvalue weighted by Crippen LogP contribution is -2.23. The summed E-state index contributed by atoms with van der Waals surface area (Å²) in [7, 11) is 0. The maximum atomic E-state index is 5.83. The lowest BCUT2D eigenvalue weighted by Gasteiger charge is -2.12. The maximum Gasteiger partial charge on any atom is 0.0594 e. The van der Waals surface area contributed by atoms with Gasteiger partial charge in [-0.1, -0.05) is 19.8 Å². The van der Waals surface area contributed by atoms with E-state index >= 15 is 0 Å². The van der Waals surface area contributed by atoms with Crippen molar-refractivity contribution < 1.29 is 4.74 Å². The first-order chi connectivity index (χ1) is 8.90. The van der Waals surface area contributed by atoms with E-state index in [4.69, 9.17) is 4.74 Å². The molecule has 18 heavy (non-hydrogen) atoms. The minimum atomic E-state index is 0.538. The third-order valence-corrected chi connectivity index (χ3v) is 3.63. The highest BCUT2D eigenvalue weighted by molar-refractivity contribution is 5.06. The molecule has 1 aromatic heterocycles. The van der Waals surface area contributed by atoms with Crippen LogP contribution < -0.4 is 5.32 Å². The van der Waals surface area contributed by atoms with Gasteiger partial charge in [-0.25, -0.2) is 0 Å². The van der Waals surface area contributed by atoms with Crippen molar-refractivity contribution in [2.24, 2.45) is 0 Å². The third kappa shape index (κ3) is 4.14. The Labute approximate surface area is 111 Å². The summed E-state index contributed by atoms with van der Waals surface area (Å²) in [6, 6.07) is 4.32. The van der Waals surface area contributed by atoms with Crippen LogP contribution in [0.5, 0.6) is 0 Å². The molecule has 1 aliphatic rings. The number of nitrogens with one attached hydrogen (secondary N) is 1. The maximum absolute atomic E-state index is 5.83. The van der Waals surface area contributed by atoms with E-state index in [2.05, 4.69) is 35.1 Å². The predicted octanol–water partition coefficient (Wildman–Crippen LogP) is 2.95. The van der Waals surface area contributed by atoms with E-state index in [9.17, 15) is 0 Å². The van der Waals surface area contributed by atoms with Crippen LogP contribution in [0.4, 0.5) is 0 Å². The second kappa shape index (κ2) is 7.59. The average Bonchev–Trinajstić information content (AvgIpc) is 3.01. The number of nitrogens with zero attached hydrogens (tertiary/aromatic N) is 1. The minimum Gasteiger partial charge on any atom is -0.377 e. The molecule has 0 saturated heterocycles. The summed E-state index contributed by atoms with van der Waals surface area (Å²) in [6.45, 7) is 6.07. The van der Waals surface area contributed by atoms with Crippen molar-refractivity contribution in [1.82, 2.24) is 9.88 Å².